The fraction of sp³-hybridized carbons (Fsp3) is 0.0833. The molecule has 2 unspecified atom stereocenters. The number of rotatable bonds is 2. The molecule has 6 aromatic carbocycles. The van der Waals surface area contributed by atoms with Crippen LogP contribution in [0, 0.1) is 5.92 Å². The number of hydrogen-bond donors (Lipinski definition) is 1. The van der Waals surface area contributed by atoms with Crippen LogP contribution in [0.5, 0.6) is 0 Å². The molecule has 184 valence electrons. The van der Waals surface area contributed by atoms with Crippen molar-refractivity contribution < 1.29 is 14.3 Å². The van der Waals surface area contributed by atoms with E-state index in [1.807, 2.05) is 18.2 Å². The van der Waals surface area contributed by atoms with E-state index in [4.69, 9.17) is 4.42 Å². The lowest BCUT2D eigenvalue weighted by atomic mass is 9.70. The molecule has 0 saturated carbocycles. The number of carbonyl (C=O) groups excluding carboxylic acids is 1. The van der Waals surface area contributed by atoms with E-state index < -0.39 is 5.60 Å². The minimum Gasteiger partial charge on any atom is -0.455 e. The first-order chi connectivity index (χ1) is 19.1. The second-order valence-corrected chi connectivity index (χ2v) is 10.9. The molecule has 0 amide bonds. The maximum absolute atomic E-state index is 12.5. The molecule has 3 aliphatic carbocycles. The van der Waals surface area contributed by atoms with Crippen LogP contribution in [0.4, 0.5) is 0 Å². The molecule has 3 aliphatic rings. The van der Waals surface area contributed by atoms with E-state index in [1.54, 1.807) is 12.2 Å². The van der Waals surface area contributed by atoms with Crippen LogP contribution in [0.1, 0.15) is 12.0 Å². The Labute approximate surface area is 223 Å². The van der Waals surface area contributed by atoms with Gasteiger partial charge in [0.05, 0.1) is 0 Å². The topological polar surface area (TPSA) is 50.4 Å². The van der Waals surface area contributed by atoms with Gasteiger partial charge in [0.25, 0.3) is 0 Å². The number of carbonyl (C=O) groups is 1. The van der Waals surface area contributed by atoms with Crippen molar-refractivity contribution in [3.63, 3.8) is 0 Å². The summed E-state index contributed by atoms with van der Waals surface area (Å²) in [7, 11) is 0. The quantitative estimate of drug-likeness (QED) is 0.191. The van der Waals surface area contributed by atoms with Crippen molar-refractivity contribution in [2.24, 2.45) is 5.92 Å². The highest BCUT2D eigenvalue weighted by Gasteiger charge is 2.42. The fourth-order valence-electron chi connectivity index (χ4n) is 7.00. The first-order valence-electron chi connectivity index (χ1n) is 13.4. The zero-order valence-electron chi connectivity index (χ0n) is 20.9. The van der Waals surface area contributed by atoms with Gasteiger partial charge >= 0.3 is 0 Å². The van der Waals surface area contributed by atoms with Crippen LogP contribution in [0.15, 0.2) is 114 Å². The number of furan rings is 1. The van der Waals surface area contributed by atoms with Crippen LogP contribution < -0.4 is 0 Å². The van der Waals surface area contributed by atoms with E-state index in [9.17, 15) is 9.90 Å². The van der Waals surface area contributed by atoms with Crippen LogP contribution in [0.25, 0.3) is 71.0 Å². The van der Waals surface area contributed by atoms with Crippen molar-refractivity contribution in [2.45, 2.75) is 12.0 Å². The van der Waals surface area contributed by atoms with Gasteiger partial charge in [-0.05, 0) is 67.2 Å². The molecule has 1 aromatic heterocycles. The first-order valence-corrected chi connectivity index (χ1v) is 13.4. The number of aliphatic hydroxyl groups is 1. The summed E-state index contributed by atoms with van der Waals surface area (Å²) < 4.78 is 6.41. The van der Waals surface area contributed by atoms with Gasteiger partial charge in [-0.25, -0.2) is 0 Å². The highest BCUT2D eigenvalue weighted by molar-refractivity contribution is 6.28. The van der Waals surface area contributed by atoms with Crippen LogP contribution in [0.3, 0.4) is 0 Å². The van der Waals surface area contributed by atoms with Gasteiger partial charge in [0.1, 0.15) is 11.2 Å². The summed E-state index contributed by atoms with van der Waals surface area (Å²) in [5, 5.41) is 20.3. The van der Waals surface area contributed by atoms with Crippen LogP contribution in [-0.2, 0) is 4.79 Å². The summed E-state index contributed by atoms with van der Waals surface area (Å²) in [6.07, 6.45) is 5.74. The SMILES string of the molecule is O=C1CC2C=CC1(O)C=C2c1ccc2ccc3c(-c4cccc5c4oc4ccccc45)ccc4ccc1c2c43. The Morgan fingerprint density at radius 3 is 2.15 bits per heavy atom. The fourth-order valence-corrected chi connectivity index (χ4v) is 7.00. The standard InChI is InChI=1S/C36H22O3/c37-32-18-22-16-17-36(32,38)19-30(22)24-13-9-21-10-14-26-23(12-8-20-11-15-27(24)34(21)33(20)26)28-5-3-6-29-25-4-1-2-7-31(25)39-35(28)29/h1-17,19,22,38H,18H2. The van der Waals surface area contributed by atoms with E-state index in [-0.39, 0.29) is 11.7 Å². The molecular weight excluding hydrogens is 480 g/mol. The van der Waals surface area contributed by atoms with Crippen molar-refractivity contribution in [1.29, 1.82) is 0 Å². The minimum atomic E-state index is -1.49. The Bertz CT molecular complexity index is 2250. The molecule has 2 atom stereocenters. The van der Waals surface area contributed by atoms with Crippen LogP contribution >= 0.6 is 0 Å². The summed E-state index contributed by atoms with van der Waals surface area (Å²) >= 11 is 0. The Balaban J connectivity index is 1.34. The summed E-state index contributed by atoms with van der Waals surface area (Å²) in [5.74, 6) is -0.132. The number of hydrogen-bond acceptors (Lipinski definition) is 3. The summed E-state index contributed by atoms with van der Waals surface area (Å²) in [4.78, 5) is 12.5. The maximum Gasteiger partial charge on any atom is 0.173 e. The molecule has 10 rings (SSSR count). The first kappa shape index (κ1) is 21.2. The van der Waals surface area contributed by atoms with Gasteiger partial charge in [0.15, 0.2) is 11.4 Å². The summed E-state index contributed by atoms with van der Waals surface area (Å²) in [6, 6.07) is 32.1. The van der Waals surface area contributed by atoms with Gasteiger partial charge in [0.2, 0.25) is 0 Å². The summed E-state index contributed by atoms with van der Waals surface area (Å²) in [6.45, 7) is 0. The Morgan fingerprint density at radius 2 is 1.38 bits per heavy atom. The van der Waals surface area contributed by atoms with Gasteiger partial charge in [-0.15, -0.1) is 0 Å². The zero-order valence-corrected chi connectivity index (χ0v) is 20.9. The molecule has 3 heteroatoms. The van der Waals surface area contributed by atoms with Gasteiger partial charge < -0.3 is 9.52 Å². The van der Waals surface area contributed by atoms with E-state index >= 15 is 0 Å². The lowest BCUT2D eigenvalue weighted by Gasteiger charge is -2.36. The molecule has 1 N–H and O–H groups in total. The highest BCUT2D eigenvalue weighted by Crippen LogP contribution is 2.47. The molecule has 39 heavy (non-hydrogen) atoms. The van der Waals surface area contributed by atoms with Crippen molar-refractivity contribution in [3.8, 4) is 11.1 Å². The number of fused-ring (bicyclic) bond motifs is 4. The predicted octanol–water partition coefficient (Wildman–Crippen LogP) is 8.42. The van der Waals surface area contributed by atoms with Crippen LogP contribution in [-0.4, -0.2) is 16.5 Å². The van der Waals surface area contributed by atoms with E-state index in [0.29, 0.717) is 6.42 Å². The molecule has 0 aliphatic heterocycles. The van der Waals surface area contributed by atoms with Gasteiger partial charge in [-0.1, -0.05) is 91.0 Å². The van der Waals surface area contributed by atoms with Crippen molar-refractivity contribution in [1.82, 2.24) is 0 Å². The molecule has 7 aromatic rings. The lowest BCUT2D eigenvalue weighted by molar-refractivity contribution is -0.131. The third-order valence-corrected chi connectivity index (χ3v) is 8.88. The summed E-state index contributed by atoms with van der Waals surface area (Å²) in [5.41, 5.74) is 4.65. The highest BCUT2D eigenvalue weighted by atomic mass is 16.3. The van der Waals surface area contributed by atoms with E-state index in [0.717, 1.165) is 49.6 Å². The molecule has 0 radical (unpaired) electrons. The number of Topliss-reactive ketones (excluding diaryl/α,β-unsaturated/α-hetero) is 1. The molecular formula is C36H22O3. The molecule has 2 bridgehead atoms. The van der Waals surface area contributed by atoms with Gasteiger partial charge in [-0.2, -0.15) is 0 Å². The molecule has 3 nitrogen and oxygen atoms in total. The second-order valence-electron chi connectivity index (χ2n) is 10.9. The third-order valence-electron chi connectivity index (χ3n) is 8.88. The largest absolute Gasteiger partial charge is 0.455 e. The molecule has 0 fully saturated rings. The van der Waals surface area contributed by atoms with Crippen molar-refractivity contribution in [2.75, 3.05) is 0 Å². The van der Waals surface area contributed by atoms with E-state index in [1.165, 1.54) is 26.9 Å². The van der Waals surface area contributed by atoms with Crippen LogP contribution in [0.2, 0.25) is 0 Å². The molecule has 1 heterocycles. The monoisotopic (exact) mass is 502 g/mol. The molecule has 0 saturated heterocycles. The van der Waals surface area contributed by atoms with Gasteiger partial charge in [0, 0.05) is 28.7 Å². The zero-order chi connectivity index (χ0) is 25.9. The minimum absolute atomic E-state index is 0.00810. The third kappa shape index (κ3) is 2.72. The van der Waals surface area contributed by atoms with Crippen molar-refractivity contribution in [3.05, 3.63) is 115 Å². The lowest BCUT2D eigenvalue weighted by Crippen LogP contribution is -2.42. The average molecular weight is 503 g/mol. The normalized spacial score (nSPS) is 20.8. The predicted molar refractivity (Wildman–Crippen MR) is 158 cm³/mol. The maximum atomic E-state index is 12.5. The van der Waals surface area contributed by atoms with E-state index in [2.05, 4.69) is 78.9 Å². The number of allylic oxidation sites excluding steroid dienone is 2. The Hall–Kier alpha value is -4.73. The number of benzene rings is 6. The van der Waals surface area contributed by atoms with Crippen molar-refractivity contribution >= 4 is 65.6 Å². The number of para-hydroxylation sites is 2. The van der Waals surface area contributed by atoms with Gasteiger partial charge in [-0.3, -0.25) is 4.79 Å². The molecule has 0 spiro atoms. The smallest absolute Gasteiger partial charge is 0.173 e. The average Bonchev–Trinajstić information content (AvgIpc) is 3.35. The Morgan fingerprint density at radius 1 is 0.692 bits per heavy atom. The second kappa shape index (κ2) is 7.22. The number of ketones is 1. The Kier molecular flexibility index (Phi) is 3.93.